The molecular formula is C19H31FN4O4. The van der Waals surface area contributed by atoms with Crippen LogP contribution in [-0.2, 0) is 4.74 Å². The standard InChI is InChI=1S/C19H31FN4O4/c1-4-6-9-23(10-7-5-2)11-8-21-17-14(20)12-24(19(27)22-17)18-16(26)15(25)13(3)28-18/h8,12-13,15-16,18,25-26H,4-7,9-11H2,1-3H3/t13-,15-,16-,18-/m1/s1. The Hall–Kier alpha value is -1.68. The highest BCUT2D eigenvalue weighted by atomic mass is 19.1. The van der Waals surface area contributed by atoms with E-state index in [0.29, 0.717) is 6.54 Å². The topological polar surface area (TPSA) is 100 Å². The first-order chi connectivity index (χ1) is 13.4. The minimum absolute atomic E-state index is 0.298. The third-order valence-corrected chi connectivity index (χ3v) is 4.85. The molecular weight excluding hydrogens is 367 g/mol. The van der Waals surface area contributed by atoms with Crippen molar-refractivity contribution in [2.24, 2.45) is 4.99 Å². The molecule has 1 aliphatic rings. The van der Waals surface area contributed by atoms with Gasteiger partial charge in [-0.3, -0.25) is 9.47 Å². The number of nitrogens with zero attached hydrogens (tertiary/aromatic N) is 4. The molecule has 0 radical (unpaired) electrons. The van der Waals surface area contributed by atoms with Gasteiger partial charge >= 0.3 is 5.69 Å². The number of aromatic nitrogens is 2. The third kappa shape index (κ3) is 5.66. The molecule has 0 spiro atoms. The Morgan fingerprint density at radius 3 is 2.46 bits per heavy atom. The van der Waals surface area contributed by atoms with Gasteiger partial charge in [-0.05, 0) is 32.9 Å². The first kappa shape index (κ1) is 22.6. The average molecular weight is 398 g/mol. The highest BCUT2D eigenvalue weighted by molar-refractivity contribution is 5.63. The van der Waals surface area contributed by atoms with Gasteiger partial charge in [-0.25, -0.2) is 14.2 Å². The molecule has 0 aliphatic carbocycles. The van der Waals surface area contributed by atoms with Gasteiger partial charge in [0.2, 0.25) is 0 Å². The molecule has 158 valence electrons. The van der Waals surface area contributed by atoms with Crippen LogP contribution in [0.1, 0.15) is 52.7 Å². The van der Waals surface area contributed by atoms with E-state index < -0.39 is 36.0 Å². The molecule has 0 unspecified atom stereocenters. The highest BCUT2D eigenvalue weighted by Crippen LogP contribution is 2.28. The van der Waals surface area contributed by atoms with Gasteiger partial charge in [-0.15, -0.1) is 0 Å². The molecule has 0 saturated carbocycles. The van der Waals surface area contributed by atoms with Gasteiger partial charge in [0.15, 0.2) is 17.9 Å². The smallest absolute Gasteiger partial charge is 0.352 e. The van der Waals surface area contributed by atoms with Gasteiger partial charge in [0.1, 0.15) is 12.2 Å². The molecule has 1 aromatic rings. The lowest BCUT2D eigenvalue weighted by atomic mass is 10.1. The fourth-order valence-electron chi connectivity index (χ4n) is 3.07. The van der Waals surface area contributed by atoms with Crippen molar-refractivity contribution in [1.82, 2.24) is 14.5 Å². The summed E-state index contributed by atoms with van der Waals surface area (Å²) >= 11 is 0. The lowest BCUT2D eigenvalue weighted by Gasteiger charge is -2.19. The lowest BCUT2D eigenvalue weighted by molar-refractivity contribution is -0.0355. The lowest BCUT2D eigenvalue weighted by Crippen LogP contribution is -2.35. The van der Waals surface area contributed by atoms with Gasteiger partial charge < -0.3 is 14.9 Å². The Labute approximate surface area is 164 Å². The van der Waals surface area contributed by atoms with Crippen LogP contribution in [0.3, 0.4) is 0 Å². The van der Waals surface area contributed by atoms with E-state index >= 15 is 0 Å². The Balaban J connectivity index is 2.09. The summed E-state index contributed by atoms with van der Waals surface area (Å²) in [6.07, 6.45) is 2.46. The molecule has 2 N–H and O–H groups in total. The van der Waals surface area contributed by atoms with Crippen molar-refractivity contribution in [3.05, 3.63) is 22.5 Å². The van der Waals surface area contributed by atoms with E-state index in [-0.39, 0.29) is 5.82 Å². The van der Waals surface area contributed by atoms with Crippen LogP contribution < -0.4 is 5.69 Å². The van der Waals surface area contributed by atoms with Crippen molar-refractivity contribution < 1.29 is 19.3 Å². The van der Waals surface area contributed by atoms with Crippen molar-refractivity contribution in [1.29, 1.82) is 0 Å². The summed E-state index contributed by atoms with van der Waals surface area (Å²) in [6.45, 7) is 8.26. The van der Waals surface area contributed by atoms with Crippen LogP contribution in [0.25, 0.3) is 0 Å². The molecule has 1 aromatic heterocycles. The number of unbranched alkanes of at least 4 members (excludes halogenated alkanes) is 2. The number of aliphatic imine (C=N–C) groups is 1. The number of hydrogen-bond donors (Lipinski definition) is 2. The summed E-state index contributed by atoms with van der Waals surface area (Å²) in [5.74, 6) is -1.09. The van der Waals surface area contributed by atoms with Crippen molar-refractivity contribution in [3.8, 4) is 0 Å². The second-order valence-electron chi connectivity index (χ2n) is 7.13. The van der Waals surface area contributed by atoms with E-state index in [2.05, 4.69) is 28.7 Å². The normalized spacial score (nSPS) is 25.2. The van der Waals surface area contributed by atoms with E-state index in [4.69, 9.17) is 4.74 Å². The largest absolute Gasteiger partial charge is 0.388 e. The Morgan fingerprint density at radius 2 is 1.93 bits per heavy atom. The molecule has 1 fully saturated rings. The quantitative estimate of drug-likeness (QED) is 0.581. The van der Waals surface area contributed by atoms with E-state index in [1.165, 1.54) is 0 Å². The molecule has 4 atom stereocenters. The summed E-state index contributed by atoms with van der Waals surface area (Å²) in [6, 6.07) is 0. The SMILES string of the molecule is CCCCN(CC=Nc1nc(=O)n([C@@H]2O[C@H](C)[C@@H](O)[C@H]2O)cc1F)CCCC. The molecule has 2 rings (SSSR count). The minimum Gasteiger partial charge on any atom is -0.388 e. The summed E-state index contributed by atoms with van der Waals surface area (Å²) in [4.78, 5) is 22.2. The molecule has 1 aliphatic heterocycles. The van der Waals surface area contributed by atoms with Crippen LogP contribution in [0, 0.1) is 5.82 Å². The summed E-state index contributed by atoms with van der Waals surface area (Å²) < 4.78 is 20.6. The van der Waals surface area contributed by atoms with Crippen LogP contribution in [-0.4, -0.2) is 68.8 Å². The first-order valence-electron chi connectivity index (χ1n) is 9.94. The zero-order valence-corrected chi connectivity index (χ0v) is 16.8. The molecule has 0 aromatic carbocycles. The zero-order chi connectivity index (χ0) is 20.7. The molecule has 9 heteroatoms. The van der Waals surface area contributed by atoms with E-state index in [9.17, 15) is 19.4 Å². The Bertz CT molecular complexity index is 704. The van der Waals surface area contributed by atoms with Crippen LogP contribution in [0.4, 0.5) is 10.2 Å². The molecule has 0 amide bonds. The second kappa shape index (κ2) is 10.8. The van der Waals surface area contributed by atoms with Gasteiger partial charge in [-0.1, -0.05) is 26.7 Å². The van der Waals surface area contributed by atoms with Crippen molar-refractivity contribution in [2.45, 2.75) is 71.0 Å². The van der Waals surface area contributed by atoms with Crippen molar-refractivity contribution >= 4 is 12.0 Å². The number of ether oxygens (including phenoxy) is 1. The maximum Gasteiger partial charge on any atom is 0.352 e. The van der Waals surface area contributed by atoms with Gasteiger partial charge in [-0.2, -0.15) is 4.98 Å². The summed E-state index contributed by atoms with van der Waals surface area (Å²) in [5.41, 5.74) is -0.798. The highest BCUT2D eigenvalue weighted by Gasteiger charge is 2.42. The van der Waals surface area contributed by atoms with Gasteiger partial charge in [0.05, 0.1) is 12.3 Å². The first-order valence-corrected chi connectivity index (χ1v) is 9.94. The molecule has 0 bridgehead atoms. The van der Waals surface area contributed by atoms with E-state index in [1.807, 2.05) is 0 Å². The number of aliphatic hydroxyl groups is 2. The second-order valence-corrected chi connectivity index (χ2v) is 7.13. The number of rotatable bonds is 10. The number of aliphatic hydroxyl groups excluding tert-OH is 2. The van der Waals surface area contributed by atoms with Crippen LogP contribution in [0.2, 0.25) is 0 Å². The maximum atomic E-state index is 14.4. The summed E-state index contributed by atoms with van der Waals surface area (Å²) in [7, 11) is 0. The minimum atomic E-state index is -1.34. The monoisotopic (exact) mass is 398 g/mol. The van der Waals surface area contributed by atoms with Crippen LogP contribution in [0.5, 0.6) is 0 Å². The van der Waals surface area contributed by atoms with Crippen molar-refractivity contribution in [2.75, 3.05) is 19.6 Å². The van der Waals surface area contributed by atoms with Gasteiger partial charge in [0, 0.05) is 12.8 Å². The molecule has 1 saturated heterocycles. The van der Waals surface area contributed by atoms with E-state index in [1.54, 1.807) is 13.1 Å². The molecule has 2 heterocycles. The predicted molar refractivity (Wildman–Crippen MR) is 104 cm³/mol. The van der Waals surface area contributed by atoms with E-state index in [0.717, 1.165) is 49.5 Å². The Kier molecular flexibility index (Phi) is 8.68. The summed E-state index contributed by atoms with van der Waals surface area (Å²) in [5, 5.41) is 19.8. The molecule has 28 heavy (non-hydrogen) atoms. The van der Waals surface area contributed by atoms with Crippen LogP contribution >= 0.6 is 0 Å². The maximum absolute atomic E-state index is 14.4. The third-order valence-electron chi connectivity index (χ3n) is 4.85. The fourth-order valence-corrected chi connectivity index (χ4v) is 3.07. The van der Waals surface area contributed by atoms with Crippen LogP contribution in [0.15, 0.2) is 16.0 Å². The molecule has 8 nitrogen and oxygen atoms in total. The fraction of sp³-hybridized carbons (Fsp3) is 0.737. The van der Waals surface area contributed by atoms with Crippen molar-refractivity contribution in [3.63, 3.8) is 0 Å². The number of hydrogen-bond acceptors (Lipinski definition) is 7. The van der Waals surface area contributed by atoms with Gasteiger partial charge in [0.25, 0.3) is 0 Å². The average Bonchev–Trinajstić information content (AvgIpc) is 2.93. The Morgan fingerprint density at radius 1 is 1.29 bits per heavy atom. The zero-order valence-electron chi connectivity index (χ0n) is 16.8. The number of halogens is 1. The predicted octanol–water partition coefficient (Wildman–Crippen LogP) is 1.63.